The Bertz CT molecular complexity index is 563. The molecule has 3 heteroatoms. The summed E-state index contributed by atoms with van der Waals surface area (Å²) in [7, 11) is 0. The number of hydrogen-bond donors (Lipinski definition) is 0. The van der Waals surface area contributed by atoms with Crippen LogP contribution in [0.15, 0.2) is 65.7 Å². The summed E-state index contributed by atoms with van der Waals surface area (Å²) in [5, 5.41) is 0. The lowest BCUT2D eigenvalue weighted by atomic mass is 9.88. The van der Waals surface area contributed by atoms with Crippen molar-refractivity contribution in [2.75, 3.05) is 19.7 Å². The van der Waals surface area contributed by atoms with E-state index in [-0.39, 0.29) is 11.6 Å². The number of allylic oxidation sites excluding steroid dienone is 2. The van der Waals surface area contributed by atoms with Gasteiger partial charge in [0.25, 0.3) is 0 Å². The van der Waals surface area contributed by atoms with Gasteiger partial charge in [-0.2, -0.15) is 0 Å². The first kappa shape index (κ1) is 14.8. The molecule has 1 heterocycles. The van der Waals surface area contributed by atoms with Gasteiger partial charge in [-0.05, 0) is 24.1 Å². The van der Waals surface area contributed by atoms with Gasteiger partial charge in [-0.15, -0.1) is 6.58 Å². The Morgan fingerprint density at radius 2 is 2.10 bits per heavy atom. The van der Waals surface area contributed by atoms with Crippen molar-refractivity contribution in [3.05, 3.63) is 71.3 Å². The van der Waals surface area contributed by atoms with E-state index < -0.39 is 0 Å². The van der Waals surface area contributed by atoms with Gasteiger partial charge in [-0.3, -0.25) is 4.90 Å². The summed E-state index contributed by atoms with van der Waals surface area (Å²) in [4.78, 5) is 2.48. The van der Waals surface area contributed by atoms with Gasteiger partial charge in [-0.1, -0.05) is 58.4 Å². The highest BCUT2D eigenvalue weighted by Gasteiger charge is 2.35. The third-order valence-corrected chi connectivity index (χ3v) is 4.86. The lowest BCUT2D eigenvalue weighted by molar-refractivity contribution is -0.0511. The van der Waals surface area contributed by atoms with Gasteiger partial charge in [0.2, 0.25) is 0 Å². The standard InChI is InChI=1S/C18H20BrNO/c1-2-18(10-4-3-5-11-18)20-12-13-21-17(14-20)15-6-8-16(19)9-7-15/h2-10,17H,1,11-14H2/t17-,18-/m1/s1. The molecular weight excluding hydrogens is 326 g/mol. The first-order valence-electron chi connectivity index (χ1n) is 7.34. The predicted molar refractivity (Wildman–Crippen MR) is 90.2 cm³/mol. The van der Waals surface area contributed by atoms with Crippen molar-refractivity contribution in [3.8, 4) is 0 Å². The number of halogens is 1. The molecular formula is C18H20BrNO. The van der Waals surface area contributed by atoms with Crippen molar-refractivity contribution >= 4 is 15.9 Å². The van der Waals surface area contributed by atoms with Crippen molar-refractivity contribution < 1.29 is 4.74 Å². The summed E-state index contributed by atoms with van der Waals surface area (Å²) in [5.74, 6) is 0. The maximum atomic E-state index is 5.98. The molecule has 1 aromatic carbocycles. The second kappa shape index (κ2) is 6.30. The third-order valence-electron chi connectivity index (χ3n) is 4.33. The molecule has 3 rings (SSSR count). The van der Waals surface area contributed by atoms with Crippen LogP contribution in [0.5, 0.6) is 0 Å². The number of ether oxygens (including phenoxy) is 1. The Morgan fingerprint density at radius 3 is 2.76 bits per heavy atom. The molecule has 1 fully saturated rings. The highest BCUT2D eigenvalue weighted by atomic mass is 79.9. The smallest absolute Gasteiger partial charge is 0.0952 e. The van der Waals surface area contributed by atoms with Crippen LogP contribution in [-0.4, -0.2) is 30.1 Å². The zero-order valence-electron chi connectivity index (χ0n) is 12.0. The normalized spacial score (nSPS) is 29.5. The Morgan fingerprint density at radius 1 is 1.29 bits per heavy atom. The van der Waals surface area contributed by atoms with Crippen LogP contribution in [0, 0.1) is 0 Å². The van der Waals surface area contributed by atoms with Crippen LogP contribution in [-0.2, 0) is 4.74 Å². The van der Waals surface area contributed by atoms with E-state index in [4.69, 9.17) is 4.74 Å². The van der Waals surface area contributed by atoms with Gasteiger partial charge >= 0.3 is 0 Å². The molecule has 0 radical (unpaired) electrons. The van der Waals surface area contributed by atoms with Gasteiger partial charge < -0.3 is 4.74 Å². The second-order valence-corrected chi connectivity index (χ2v) is 6.46. The van der Waals surface area contributed by atoms with Crippen LogP contribution >= 0.6 is 15.9 Å². The van der Waals surface area contributed by atoms with E-state index in [1.54, 1.807) is 0 Å². The van der Waals surface area contributed by atoms with E-state index in [1.165, 1.54) is 5.56 Å². The van der Waals surface area contributed by atoms with Gasteiger partial charge in [-0.25, -0.2) is 0 Å². The van der Waals surface area contributed by atoms with Crippen LogP contribution in [0.1, 0.15) is 18.1 Å². The average Bonchev–Trinajstić information content (AvgIpc) is 2.56. The van der Waals surface area contributed by atoms with Crippen molar-refractivity contribution in [2.24, 2.45) is 0 Å². The van der Waals surface area contributed by atoms with Gasteiger partial charge in [0.1, 0.15) is 0 Å². The largest absolute Gasteiger partial charge is 0.371 e. The minimum Gasteiger partial charge on any atom is -0.371 e. The molecule has 21 heavy (non-hydrogen) atoms. The fourth-order valence-electron chi connectivity index (χ4n) is 3.05. The highest BCUT2D eigenvalue weighted by molar-refractivity contribution is 9.10. The number of benzene rings is 1. The molecule has 0 saturated carbocycles. The average molecular weight is 346 g/mol. The Balaban J connectivity index is 1.79. The van der Waals surface area contributed by atoms with Crippen molar-refractivity contribution in [1.82, 2.24) is 4.90 Å². The maximum absolute atomic E-state index is 5.98. The molecule has 1 aromatic rings. The summed E-state index contributed by atoms with van der Waals surface area (Å²) < 4.78 is 7.08. The monoisotopic (exact) mass is 345 g/mol. The minimum atomic E-state index is -0.0633. The molecule has 1 aliphatic carbocycles. The van der Waals surface area contributed by atoms with E-state index in [2.05, 4.69) is 82.1 Å². The number of rotatable bonds is 3. The summed E-state index contributed by atoms with van der Waals surface area (Å²) in [6.45, 7) is 6.66. The topological polar surface area (TPSA) is 12.5 Å². The quantitative estimate of drug-likeness (QED) is 0.758. The summed E-state index contributed by atoms with van der Waals surface area (Å²) in [6, 6.07) is 8.42. The molecule has 1 aliphatic heterocycles. The molecule has 1 saturated heterocycles. The predicted octanol–water partition coefficient (Wildman–Crippen LogP) is 4.26. The molecule has 0 aromatic heterocycles. The summed E-state index contributed by atoms with van der Waals surface area (Å²) in [5.41, 5.74) is 1.17. The van der Waals surface area contributed by atoms with E-state index in [0.29, 0.717) is 0 Å². The molecule has 110 valence electrons. The third kappa shape index (κ3) is 3.05. The van der Waals surface area contributed by atoms with Gasteiger partial charge in [0.05, 0.1) is 18.2 Å². The molecule has 2 atom stereocenters. The van der Waals surface area contributed by atoms with E-state index in [1.807, 2.05) is 0 Å². The van der Waals surface area contributed by atoms with E-state index in [0.717, 1.165) is 30.6 Å². The Kier molecular flexibility index (Phi) is 4.43. The maximum Gasteiger partial charge on any atom is 0.0952 e. The molecule has 0 unspecified atom stereocenters. The number of morpholine rings is 1. The van der Waals surface area contributed by atoms with Crippen LogP contribution in [0.25, 0.3) is 0 Å². The van der Waals surface area contributed by atoms with E-state index >= 15 is 0 Å². The van der Waals surface area contributed by atoms with Crippen molar-refractivity contribution in [3.63, 3.8) is 0 Å². The van der Waals surface area contributed by atoms with Crippen LogP contribution in [0.2, 0.25) is 0 Å². The molecule has 2 nitrogen and oxygen atoms in total. The first-order valence-corrected chi connectivity index (χ1v) is 8.13. The fraction of sp³-hybridized carbons (Fsp3) is 0.333. The zero-order valence-corrected chi connectivity index (χ0v) is 13.6. The van der Waals surface area contributed by atoms with E-state index in [9.17, 15) is 0 Å². The van der Waals surface area contributed by atoms with Crippen LogP contribution in [0.3, 0.4) is 0 Å². The zero-order chi connectivity index (χ0) is 14.7. The minimum absolute atomic E-state index is 0.0633. The van der Waals surface area contributed by atoms with Crippen LogP contribution in [0.4, 0.5) is 0 Å². The lowest BCUT2D eigenvalue weighted by Gasteiger charge is -2.44. The lowest BCUT2D eigenvalue weighted by Crippen LogP contribution is -2.52. The van der Waals surface area contributed by atoms with Crippen molar-refractivity contribution in [1.29, 1.82) is 0 Å². The Hall–Kier alpha value is -1.16. The first-order chi connectivity index (χ1) is 10.2. The SMILES string of the molecule is C=C[C@@]1(N2CCO[C@@H](c3ccc(Br)cc3)C2)C=CC=CC1. The second-order valence-electron chi connectivity index (χ2n) is 5.54. The van der Waals surface area contributed by atoms with Crippen LogP contribution < -0.4 is 0 Å². The molecule has 2 aliphatic rings. The highest BCUT2D eigenvalue weighted by Crippen LogP contribution is 2.32. The Labute approximate surface area is 134 Å². The molecule has 0 amide bonds. The summed E-state index contributed by atoms with van der Waals surface area (Å²) >= 11 is 3.48. The summed E-state index contributed by atoms with van der Waals surface area (Å²) in [6.07, 6.45) is 11.9. The number of nitrogens with zero attached hydrogens (tertiary/aromatic N) is 1. The van der Waals surface area contributed by atoms with Gasteiger partial charge in [0, 0.05) is 17.6 Å². The van der Waals surface area contributed by atoms with Crippen molar-refractivity contribution in [2.45, 2.75) is 18.1 Å². The fourth-order valence-corrected chi connectivity index (χ4v) is 3.31. The molecule has 0 spiro atoms. The number of hydrogen-bond acceptors (Lipinski definition) is 2. The van der Waals surface area contributed by atoms with Gasteiger partial charge in [0.15, 0.2) is 0 Å². The molecule has 0 N–H and O–H groups in total. The molecule has 0 bridgehead atoms.